The number of hydrogen-bond acceptors (Lipinski definition) is 3. The lowest BCUT2D eigenvalue weighted by molar-refractivity contribution is 0.542. The summed E-state index contributed by atoms with van der Waals surface area (Å²) in [5, 5.41) is 0. The molecule has 0 aliphatic rings. The Morgan fingerprint density at radius 3 is 2.53 bits per heavy atom. The van der Waals surface area contributed by atoms with E-state index in [1.807, 2.05) is 13.8 Å². The third-order valence-corrected chi connectivity index (χ3v) is 2.34. The Bertz CT molecular complexity index is 445. The van der Waals surface area contributed by atoms with Crippen molar-refractivity contribution in [1.82, 2.24) is 9.13 Å². The third-order valence-electron chi connectivity index (χ3n) is 2.34. The number of rotatable bonds is 4. The molecule has 0 atom stereocenters. The van der Waals surface area contributed by atoms with Crippen molar-refractivity contribution in [2.75, 3.05) is 5.73 Å². The molecule has 1 rings (SSSR count). The molecule has 1 aromatic heterocycles. The number of hydrogen-bond donors (Lipinski definition) is 1. The first kappa shape index (κ1) is 11.6. The standard InChI is InChI=1S/C10H17N3O2/c1-3-5-6-13-9(14)8(11)7-12(4-2)10(13)15/h7H,3-6,11H2,1-2H3. The third kappa shape index (κ3) is 2.29. The van der Waals surface area contributed by atoms with Crippen LogP contribution in [0.15, 0.2) is 15.8 Å². The first-order valence-corrected chi connectivity index (χ1v) is 5.21. The molecule has 5 nitrogen and oxygen atoms in total. The molecule has 0 radical (unpaired) electrons. The second-order valence-corrected chi connectivity index (χ2v) is 3.46. The van der Waals surface area contributed by atoms with Gasteiger partial charge in [0.15, 0.2) is 0 Å². The molecular formula is C10H17N3O2. The van der Waals surface area contributed by atoms with E-state index < -0.39 is 0 Å². The Morgan fingerprint density at radius 2 is 2.00 bits per heavy atom. The molecule has 1 heterocycles. The highest BCUT2D eigenvalue weighted by Gasteiger charge is 2.07. The van der Waals surface area contributed by atoms with Crippen molar-refractivity contribution in [2.24, 2.45) is 0 Å². The predicted octanol–water partition coefficient (Wildman–Crippen LogP) is 0.412. The maximum absolute atomic E-state index is 11.7. The maximum Gasteiger partial charge on any atom is 0.331 e. The average Bonchev–Trinajstić information content (AvgIpc) is 2.23. The lowest BCUT2D eigenvalue weighted by atomic mass is 10.3. The van der Waals surface area contributed by atoms with Gasteiger partial charge in [0, 0.05) is 19.3 Å². The zero-order valence-electron chi connectivity index (χ0n) is 9.19. The minimum absolute atomic E-state index is 0.132. The molecule has 2 N–H and O–H groups in total. The van der Waals surface area contributed by atoms with E-state index in [1.54, 1.807) is 0 Å². The van der Waals surface area contributed by atoms with E-state index in [9.17, 15) is 9.59 Å². The zero-order chi connectivity index (χ0) is 11.4. The lowest BCUT2D eigenvalue weighted by Crippen LogP contribution is -2.40. The fraction of sp³-hybridized carbons (Fsp3) is 0.600. The fourth-order valence-corrected chi connectivity index (χ4v) is 1.42. The van der Waals surface area contributed by atoms with Gasteiger partial charge in [-0.25, -0.2) is 4.79 Å². The number of aryl methyl sites for hydroxylation is 1. The van der Waals surface area contributed by atoms with Crippen molar-refractivity contribution in [2.45, 2.75) is 39.8 Å². The van der Waals surface area contributed by atoms with Gasteiger partial charge >= 0.3 is 5.69 Å². The molecule has 0 unspecified atom stereocenters. The van der Waals surface area contributed by atoms with Crippen LogP contribution in [0, 0.1) is 0 Å². The second kappa shape index (κ2) is 4.82. The number of unbranched alkanes of at least 4 members (excludes halogenated alkanes) is 1. The summed E-state index contributed by atoms with van der Waals surface area (Å²) >= 11 is 0. The molecule has 0 bridgehead atoms. The highest BCUT2D eigenvalue weighted by molar-refractivity contribution is 5.30. The second-order valence-electron chi connectivity index (χ2n) is 3.46. The van der Waals surface area contributed by atoms with Crippen molar-refractivity contribution >= 4 is 5.69 Å². The van der Waals surface area contributed by atoms with Gasteiger partial charge in [-0.1, -0.05) is 13.3 Å². The van der Waals surface area contributed by atoms with Crippen molar-refractivity contribution in [3.63, 3.8) is 0 Å². The van der Waals surface area contributed by atoms with Gasteiger partial charge in [-0.05, 0) is 13.3 Å². The summed E-state index contributed by atoms with van der Waals surface area (Å²) in [5.74, 6) is 0. The van der Waals surface area contributed by atoms with Crippen LogP contribution in [-0.4, -0.2) is 9.13 Å². The normalized spacial score (nSPS) is 10.5. The van der Waals surface area contributed by atoms with E-state index >= 15 is 0 Å². The van der Waals surface area contributed by atoms with Gasteiger partial charge in [-0.3, -0.25) is 13.9 Å². The summed E-state index contributed by atoms with van der Waals surface area (Å²) in [4.78, 5) is 23.3. The van der Waals surface area contributed by atoms with Crippen LogP contribution in [0.25, 0.3) is 0 Å². The molecule has 5 heteroatoms. The van der Waals surface area contributed by atoms with E-state index in [4.69, 9.17) is 5.73 Å². The first-order valence-electron chi connectivity index (χ1n) is 5.21. The molecule has 0 aliphatic heterocycles. The Labute approximate surface area is 88.1 Å². The molecule has 0 saturated carbocycles. The van der Waals surface area contributed by atoms with Crippen molar-refractivity contribution in [3.8, 4) is 0 Å². The number of anilines is 1. The van der Waals surface area contributed by atoms with E-state index in [0.717, 1.165) is 12.8 Å². The number of nitrogen functional groups attached to an aromatic ring is 1. The molecule has 0 amide bonds. The van der Waals surface area contributed by atoms with Crippen LogP contribution in [-0.2, 0) is 13.1 Å². The average molecular weight is 211 g/mol. The number of nitrogens with two attached hydrogens (primary N) is 1. The predicted molar refractivity (Wildman–Crippen MR) is 60.0 cm³/mol. The van der Waals surface area contributed by atoms with Crippen LogP contribution >= 0.6 is 0 Å². The van der Waals surface area contributed by atoms with Crippen LogP contribution in [0.1, 0.15) is 26.7 Å². The molecule has 0 fully saturated rings. The van der Waals surface area contributed by atoms with Gasteiger partial charge in [-0.15, -0.1) is 0 Å². The Kier molecular flexibility index (Phi) is 3.71. The first-order chi connectivity index (χ1) is 7.11. The Balaban J connectivity index is 3.28. The minimum Gasteiger partial charge on any atom is -0.393 e. The van der Waals surface area contributed by atoms with E-state index in [1.165, 1.54) is 15.3 Å². The largest absolute Gasteiger partial charge is 0.393 e. The van der Waals surface area contributed by atoms with E-state index in [-0.39, 0.29) is 16.9 Å². The zero-order valence-corrected chi connectivity index (χ0v) is 9.19. The highest BCUT2D eigenvalue weighted by Crippen LogP contribution is 1.93. The monoisotopic (exact) mass is 211 g/mol. The Morgan fingerprint density at radius 1 is 1.33 bits per heavy atom. The summed E-state index contributed by atoms with van der Waals surface area (Å²) in [6, 6.07) is 0. The molecule has 84 valence electrons. The van der Waals surface area contributed by atoms with Gasteiger partial charge < -0.3 is 5.73 Å². The van der Waals surface area contributed by atoms with Crippen molar-refractivity contribution < 1.29 is 0 Å². The summed E-state index contributed by atoms with van der Waals surface area (Å²) < 4.78 is 2.66. The smallest absolute Gasteiger partial charge is 0.331 e. The minimum atomic E-state index is -0.377. The molecule has 0 saturated heterocycles. The van der Waals surface area contributed by atoms with Gasteiger partial charge in [-0.2, -0.15) is 0 Å². The van der Waals surface area contributed by atoms with E-state index in [2.05, 4.69) is 0 Å². The molecule has 0 aliphatic carbocycles. The molecule has 15 heavy (non-hydrogen) atoms. The van der Waals surface area contributed by atoms with Crippen LogP contribution in [0.3, 0.4) is 0 Å². The van der Waals surface area contributed by atoms with Gasteiger partial charge in [0.2, 0.25) is 0 Å². The topological polar surface area (TPSA) is 70.0 Å². The lowest BCUT2D eigenvalue weighted by Gasteiger charge is -2.09. The van der Waals surface area contributed by atoms with E-state index in [0.29, 0.717) is 13.1 Å². The summed E-state index contributed by atoms with van der Waals surface area (Å²) in [6.07, 6.45) is 3.15. The Hall–Kier alpha value is -1.52. The fourth-order valence-electron chi connectivity index (χ4n) is 1.42. The van der Waals surface area contributed by atoms with Crippen LogP contribution in [0.4, 0.5) is 5.69 Å². The van der Waals surface area contributed by atoms with Crippen LogP contribution in [0.2, 0.25) is 0 Å². The van der Waals surface area contributed by atoms with Crippen molar-refractivity contribution in [1.29, 1.82) is 0 Å². The molecule has 0 spiro atoms. The number of nitrogens with zero attached hydrogens (tertiary/aromatic N) is 2. The van der Waals surface area contributed by atoms with Gasteiger partial charge in [0.1, 0.15) is 5.69 Å². The quantitative estimate of drug-likeness (QED) is 0.784. The van der Waals surface area contributed by atoms with Gasteiger partial charge in [0.05, 0.1) is 0 Å². The van der Waals surface area contributed by atoms with Crippen molar-refractivity contribution in [3.05, 3.63) is 27.0 Å². The highest BCUT2D eigenvalue weighted by atomic mass is 16.2. The van der Waals surface area contributed by atoms with Crippen LogP contribution in [0.5, 0.6) is 0 Å². The summed E-state index contributed by atoms with van der Waals surface area (Å²) in [6.45, 7) is 4.82. The summed E-state index contributed by atoms with van der Waals surface area (Å²) in [7, 11) is 0. The SMILES string of the molecule is CCCCn1c(=O)c(N)cn(CC)c1=O. The molecule has 1 aromatic rings. The summed E-state index contributed by atoms with van der Waals surface area (Å²) in [5.41, 5.74) is 5.03. The molecule has 0 aromatic carbocycles. The van der Waals surface area contributed by atoms with Gasteiger partial charge in [0.25, 0.3) is 5.56 Å². The maximum atomic E-state index is 11.7. The number of aromatic nitrogens is 2. The molecular weight excluding hydrogens is 194 g/mol. The van der Waals surface area contributed by atoms with Crippen LogP contribution < -0.4 is 17.0 Å².